The number of hydrogen-bond donors (Lipinski definition) is 0. The van der Waals surface area contributed by atoms with Gasteiger partial charge in [0, 0.05) is 18.3 Å². The molecule has 2 rings (SSSR count). The average Bonchev–Trinajstić information content (AvgIpc) is 2.45. The predicted molar refractivity (Wildman–Crippen MR) is 88.3 cm³/mol. The summed E-state index contributed by atoms with van der Waals surface area (Å²) >= 11 is 7.33. The monoisotopic (exact) mass is 343 g/mol. The highest BCUT2D eigenvalue weighted by Crippen LogP contribution is 2.26. The van der Waals surface area contributed by atoms with Crippen molar-refractivity contribution in [2.24, 2.45) is 0 Å². The number of ether oxygens (including phenoxy) is 1. The van der Waals surface area contributed by atoms with Gasteiger partial charge in [0.2, 0.25) is 0 Å². The highest BCUT2D eigenvalue weighted by atomic mass is 35.5. The van der Waals surface area contributed by atoms with Gasteiger partial charge in [-0.25, -0.2) is 4.79 Å². The highest BCUT2D eigenvalue weighted by Gasteiger charge is 2.30. The summed E-state index contributed by atoms with van der Waals surface area (Å²) in [5.74, 6) is 0.787. The second-order valence-corrected chi connectivity index (χ2v) is 7.76. The van der Waals surface area contributed by atoms with E-state index >= 15 is 0 Å². The maximum atomic E-state index is 12.3. The summed E-state index contributed by atoms with van der Waals surface area (Å²) in [7, 11) is 0. The van der Waals surface area contributed by atoms with Crippen LogP contribution in [0.2, 0.25) is 5.15 Å². The third kappa shape index (κ3) is 5.32. The van der Waals surface area contributed by atoms with Gasteiger partial charge in [-0.15, -0.1) is 22.0 Å². The van der Waals surface area contributed by atoms with Crippen LogP contribution >= 0.6 is 23.4 Å². The number of likely N-dealkylation sites (tertiary alicyclic amines) is 1. The topological polar surface area (TPSA) is 55.3 Å². The van der Waals surface area contributed by atoms with E-state index in [1.54, 1.807) is 17.8 Å². The second kappa shape index (κ2) is 7.51. The first-order valence-electron chi connectivity index (χ1n) is 7.47. The molecule has 7 heteroatoms. The number of piperidine rings is 1. The average molecular weight is 344 g/mol. The minimum atomic E-state index is -0.464. The molecular weight excluding hydrogens is 322 g/mol. The SMILES string of the molecule is CC(C)(C)OC(=O)N1CCCC[C@@H]1CSc1ccc(Cl)nn1. The number of carbonyl (C=O) groups excluding carboxylic acids is 1. The van der Waals surface area contributed by atoms with Crippen LogP contribution in [0.15, 0.2) is 17.2 Å². The largest absolute Gasteiger partial charge is 0.444 e. The van der Waals surface area contributed by atoms with Crippen LogP contribution < -0.4 is 0 Å². The number of halogens is 1. The number of amides is 1. The molecule has 2 heterocycles. The van der Waals surface area contributed by atoms with Gasteiger partial charge in [0.1, 0.15) is 10.6 Å². The molecule has 0 aliphatic carbocycles. The number of aromatic nitrogens is 2. The molecule has 0 unspecified atom stereocenters. The van der Waals surface area contributed by atoms with E-state index < -0.39 is 5.60 Å². The number of hydrogen-bond acceptors (Lipinski definition) is 5. The Kier molecular flexibility index (Phi) is 5.92. The van der Waals surface area contributed by atoms with E-state index in [0.717, 1.165) is 36.6 Å². The van der Waals surface area contributed by atoms with E-state index in [4.69, 9.17) is 16.3 Å². The summed E-state index contributed by atoms with van der Waals surface area (Å²) < 4.78 is 5.51. The molecule has 0 spiro atoms. The van der Waals surface area contributed by atoms with Crippen molar-refractivity contribution in [2.45, 2.75) is 56.7 Å². The van der Waals surface area contributed by atoms with Crippen LogP contribution in [0.25, 0.3) is 0 Å². The lowest BCUT2D eigenvalue weighted by Crippen LogP contribution is -2.47. The van der Waals surface area contributed by atoms with Crippen LogP contribution in [-0.4, -0.2) is 45.1 Å². The fraction of sp³-hybridized carbons (Fsp3) is 0.667. The summed E-state index contributed by atoms with van der Waals surface area (Å²) in [6.45, 7) is 6.43. The maximum absolute atomic E-state index is 12.3. The lowest BCUT2D eigenvalue weighted by Gasteiger charge is -2.36. The van der Waals surface area contributed by atoms with Crippen molar-refractivity contribution in [2.75, 3.05) is 12.3 Å². The van der Waals surface area contributed by atoms with E-state index in [2.05, 4.69) is 10.2 Å². The van der Waals surface area contributed by atoms with Crippen molar-refractivity contribution in [3.05, 3.63) is 17.3 Å². The van der Waals surface area contributed by atoms with E-state index in [-0.39, 0.29) is 12.1 Å². The standard InChI is InChI=1S/C15H22ClN3O2S/c1-15(2,3)21-14(20)19-9-5-4-6-11(19)10-22-13-8-7-12(16)17-18-13/h7-8,11H,4-6,9-10H2,1-3H3/t11-/m1/s1. The van der Waals surface area contributed by atoms with Crippen molar-refractivity contribution >= 4 is 29.5 Å². The molecule has 0 saturated carbocycles. The van der Waals surface area contributed by atoms with Crippen LogP contribution in [-0.2, 0) is 4.74 Å². The van der Waals surface area contributed by atoms with Crippen molar-refractivity contribution < 1.29 is 9.53 Å². The molecule has 0 bridgehead atoms. The molecule has 22 heavy (non-hydrogen) atoms. The molecule has 1 aromatic rings. The number of rotatable bonds is 3. The zero-order valence-electron chi connectivity index (χ0n) is 13.2. The molecule has 1 fully saturated rings. The second-order valence-electron chi connectivity index (χ2n) is 6.33. The minimum absolute atomic E-state index is 0.172. The molecule has 1 aliphatic rings. The summed E-state index contributed by atoms with van der Waals surface area (Å²) in [5.41, 5.74) is -0.464. The lowest BCUT2D eigenvalue weighted by atomic mass is 10.0. The van der Waals surface area contributed by atoms with Crippen molar-refractivity contribution in [1.29, 1.82) is 0 Å². The number of thioether (sulfide) groups is 1. The van der Waals surface area contributed by atoms with E-state index in [9.17, 15) is 4.79 Å². The smallest absolute Gasteiger partial charge is 0.410 e. The van der Waals surface area contributed by atoms with Crippen LogP contribution in [0, 0.1) is 0 Å². The zero-order chi connectivity index (χ0) is 16.2. The normalized spacial score (nSPS) is 19.1. The Balaban J connectivity index is 1.94. The molecule has 1 aliphatic heterocycles. The Morgan fingerprint density at radius 2 is 2.18 bits per heavy atom. The molecule has 1 atom stereocenters. The quantitative estimate of drug-likeness (QED) is 0.776. The Bertz CT molecular complexity index is 505. The molecular formula is C15H22ClN3O2S. The molecule has 122 valence electrons. The first-order chi connectivity index (χ1) is 10.3. The Morgan fingerprint density at radius 1 is 1.41 bits per heavy atom. The van der Waals surface area contributed by atoms with Gasteiger partial charge in [-0.05, 0) is 52.2 Å². The summed E-state index contributed by atoms with van der Waals surface area (Å²) in [6.07, 6.45) is 2.94. The van der Waals surface area contributed by atoms with Crippen LogP contribution in [0.5, 0.6) is 0 Å². The molecule has 0 aromatic carbocycles. The fourth-order valence-electron chi connectivity index (χ4n) is 2.30. The molecule has 1 aromatic heterocycles. The van der Waals surface area contributed by atoms with E-state index in [0.29, 0.717) is 5.15 Å². The van der Waals surface area contributed by atoms with Crippen molar-refractivity contribution in [1.82, 2.24) is 15.1 Å². The first-order valence-corrected chi connectivity index (χ1v) is 8.83. The van der Waals surface area contributed by atoms with Crippen molar-refractivity contribution in [3.8, 4) is 0 Å². The van der Waals surface area contributed by atoms with Gasteiger partial charge in [-0.1, -0.05) is 11.6 Å². The van der Waals surface area contributed by atoms with Gasteiger partial charge in [-0.3, -0.25) is 0 Å². The van der Waals surface area contributed by atoms with E-state index in [1.807, 2.05) is 31.7 Å². The summed E-state index contributed by atoms with van der Waals surface area (Å²) in [5, 5.41) is 9.08. The highest BCUT2D eigenvalue weighted by molar-refractivity contribution is 7.99. The van der Waals surface area contributed by atoms with Gasteiger partial charge in [0.05, 0.1) is 0 Å². The molecule has 1 amide bonds. The number of nitrogens with zero attached hydrogens (tertiary/aromatic N) is 3. The van der Waals surface area contributed by atoms with Gasteiger partial charge in [-0.2, -0.15) is 0 Å². The van der Waals surface area contributed by atoms with Gasteiger partial charge >= 0.3 is 6.09 Å². The Morgan fingerprint density at radius 3 is 2.82 bits per heavy atom. The van der Waals surface area contributed by atoms with E-state index in [1.165, 1.54) is 0 Å². The third-order valence-corrected chi connectivity index (χ3v) is 4.55. The van der Waals surface area contributed by atoms with Gasteiger partial charge in [0.15, 0.2) is 5.15 Å². The summed E-state index contributed by atoms with van der Waals surface area (Å²) in [6, 6.07) is 3.75. The molecule has 0 N–H and O–H groups in total. The third-order valence-electron chi connectivity index (χ3n) is 3.29. The summed E-state index contributed by atoms with van der Waals surface area (Å²) in [4.78, 5) is 14.2. The first kappa shape index (κ1) is 17.3. The predicted octanol–water partition coefficient (Wildman–Crippen LogP) is 4.01. The van der Waals surface area contributed by atoms with Gasteiger partial charge < -0.3 is 9.64 Å². The lowest BCUT2D eigenvalue weighted by molar-refractivity contribution is 0.0126. The van der Waals surface area contributed by atoms with Crippen LogP contribution in [0.3, 0.4) is 0 Å². The fourth-order valence-corrected chi connectivity index (χ4v) is 3.37. The van der Waals surface area contributed by atoms with Crippen LogP contribution in [0.1, 0.15) is 40.0 Å². The minimum Gasteiger partial charge on any atom is -0.444 e. The molecule has 0 radical (unpaired) electrons. The van der Waals surface area contributed by atoms with Gasteiger partial charge in [0.25, 0.3) is 0 Å². The zero-order valence-corrected chi connectivity index (χ0v) is 14.8. The Labute approximate surface area is 140 Å². The van der Waals surface area contributed by atoms with Crippen LogP contribution in [0.4, 0.5) is 4.79 Å². The van der Waals surface area contributed by atoms with Crippen molar-refractivity contribution in [3.63, 3.8) is 0 Å². The Hall–Kier alpha value is -1.01. The number of carbonyl (C=O) groups is 1. The molecule has 5 nitrogen and oxygen atoms in total. The maximum Gasteiger partial charge on any atom is 0.410 e. The molecule has 1 saturated heterocycles.